The van der Waals surface area contributed by atoms with E-state index in [-0.39, 0.29) is 5.82 Å². The Morgan fingerprint density at radius 2 is 2.22 bits per heavy atom. The Bertz CT molecular complexity index is 559. The fraction of sp³-hybridized carbons (Fsp3) is 0.400. The normalized spacial score (nSPS) is 18.7. The molecular weight excluding hydrogens is 227 g/mol. The molecule has 2 heterocycles. The molecule has 0 N–H and O–H groups in total. The molecule has 1 aromatic heterocycles. The highest BCUT2D eigenvalue weighted by Crippen LogP contribution is 2.22. The van der Waals surface area contributed by atoms with Crippen LogP contribution in [-0.2, 0) is 19.4 Å². The van der Waals surface area contributed by atoms with Crippen LogP contribution in [-0.4, -0.2) is 9.55 Å². The van der Waals surface area contributed by atoms with Gasteiger partial charge in [-0.25, -0.2) is 9.37 Å². The summed E-state index contributed by atoms with van der Waals surface area (Å²) < 4.78 is 15.9. The number of hydrogen-bond acceptors (Lipinski definition) is 1. The van der Waals surface area contributed by atoms with E-state index >= 15 is 0 Å². The lowest BCUT2D eigenvalue weighted by molar-refractivity contribution is 0.392. The summed E-state index contributed by atoms with van der Waals surface area (Å²) in [4.78, 5) is 4.46. The molecule has 0 saturated heterocycles. The van der Waals surface area contributed by atoms with Gasteiger partial charge in [0.05, 0.1) is 0 Å². The highest BCUT2D eigenvalue weighted by Gasteiger charge is 2.19. The molecule has 18 heavy (non-hydrogen) atoms. The average molecular weight is 244 g/mol. The molecule has 0 amide bonds. The van der Waals surface area contributed by atoms with Gasteiger partial charge in [0.2, 0.25) is 0 Å². The number of halogens is 1. The Hall–Kier alpha value is -1.64. The van der Waals surface area contributed by atoms with Gasteiger partial charge in [0.15, 0.2) is 0 Å². The summed E-state index contributed by atoms with van der Waals surface area (Å²) in [5.74, 6) is 1.53. The van der Waals surface area contributed by atoms with Crippen LogP contribution >= 0.6 is 0 Å². The Morgan fingerprint density at radius 1 is 1.39 bits per heavy atom. The topological polar surface area (TPSA) is 17.8 Å². The fourth-order valence-corrected chi connectivity index (χ4v) is 2.63. The summed E-state index contributed by atoms with van der Waals surface area (Å²) in [5.41, 5.74) is 2.02. The van der Waals surface area contributed by atoms with Gasteiger partial charge in [-0.3, -0.25) is 0 Å². The molecule has 0 spiro atoms. The van der Waals surface area contributed by atoms with E-state index in [0.717, 1.165) is 24.4 Å². The third-order valence-corrected chi connectivity index (χ3v) is 3.71. The zero-order valence-corrected chi connectivity index (χ0v) is 10.6. The molecular formula is C15H17FN2. The summed E-state index contributed by atoms with van der Waals surface area (Å²) in [5, 5.41) is 0. The van der Waals surface area contributed by atoms with E-state index in [1.807, 2.05) is 18.3 Å². The summed E-state index contributed by atoms with van der Waals surface area (Å²) in [6, 6.07) is 6.95. The maximum Gasteiger partial charge on any atom is 0.126 e. The van der Waals surface area contributed by atoms with Gasteiger partial charge in [0.25, 0.3) is 0 Å². The van der Waals surface area contributed by atoms with Gasteiger partial charge < -0.3 is 4.57 Å². The zero-order chi connectivity index (χ0) is 12.5. The van der Waals surface area contributed by atoms with E-state index in [9.17, 15) is 4.39 Å². The molecule has 0 saturated carbocycles. The molecule has 3 heteroatoms. The molecule has 94 valence electrons. The standard InChI is InChI=1S/C15H17FN2/c1-11-6-7-13-9-17-15(18(13)10-11)8-12-4-2-3-5-14(12)16/h2-5,9,11H,6-8,10H2,1H3. The van der Waals surface area contributed by atoms with Crippen molar-refractivity contribution in [3.8, 4) is 0 Å². The molecule has 1 aliphatic rings. The molecule has 2 aromatic rings. The van der Waals surface area contributed by atoms with Crippen LogP contribution in [0.15, 0.2) is 30.5 Å². The fourth-order valence-electron chi connectivity index (χ4n) is 2.63. The van der Waals surface area contributed by atoms with Crippen molar-refractivity contribution in [2.45, 2.75) is 32.7 Å². The smallest absolute Gasteiger partial charge is 0.126 e. The van der Waals surface area contributed by atoms with Crippen molar-refractivity contribution in [2.75, 3.05) is 0 Å². The summed E-state index contributed by atoms with van der Waals surface area (Å²) >= 11 is 0. The van der Waals surface area contributed by atoms with Crippen molar-refractivity contribution in [3.63, 3.8) is 0 Å². The second-order valence-corrected chi connectivity index (χ2v) is 5.19. The van der Waals surface area contributed by atoms with E-state index in [4.69, 9.17) is 0 Å². The molecule has 0 fully saturated rings. The first-order chi connectivity index (χ1) is 8.74. The maximum atomic E-state index is 13.7. The SMILES string of the molecule is CC1CCc2cnc(Cc3ccccc3F)n2C1. The first-order valence-electron chi connectivity index (χ1n) is 6.50. The van der Waals surface area contributed by atoms with Crippen LogP contribution in [0.1, 0.15) is 30.4 Å². The number of rotatable bonds is 2. The van der Waals surface area contributed by atoms with Gasteiger partial charge in [-0.05, 0) is 30.4 Å². The van der Waals surface area contributed by atoms with Crippen LogP contribution < -0.4 is 0 Å². The van der Waals surface area contributed by atoms with Gasteiger partial charge in [0.1, 0.15) is 11.6 Å². The monoisotopic (exact) mass is 244 g/mol. The minimum Gasteiger partial charge on any atom is -0.332 e. The van der Waals surface area contributed by atoms with E-state index in [0.29, 0.717) is 12.3 Å². The predicted octanol–water partition coefficient (Wildman–Crippen LogP) is 3.20. The third kappa shape index (κ3) is 2.05. The largest absolute Gasteiger partial charge is 0.332 e. The zero-order valence-electron chi connectivity index (χ0n) is 10.6. The summed E-state index contributed by atoms with van der Waals surface area (Å²) in [6.45, 7) is 3.27. The number of benzene rings is 1. The number of imidazole rings is 1. The minimum absolute atomic E-state index is 0.140. The second-order valence-electron chi connectivity index (χ2n) is 5.19. The van der Waals surface area contributed by atoms with Gasteiger partial charge in [0, 0.05) is 24.9 Å². The van der Waals surface area contributed by atoms with Crippen LogP contribution in [0.4, 0.5) is 4.39 Å². The summed E-state index contributed by atoms with van der Waals surface area (Å²) in [6.07, 6.45) is 4.84. The second kappa shape index (κ2) is 4.56. The van der Waals surface area contributed by atoms with Crippen molar-refractivity contribution in [1.82, 2.24) is 9.55 Å². The quantitative estimate of drug-likeness (QED) is 0.793. The molecule has 3 rings (SSSR count). The highest BCUT2D eigenvalue weighted by molar-refractivity contribution is 5.22. The van der Waals surface area contributed by atoms with Crippen molar-refractivity contribution in [2.24, 2.45) is 5.92 Å². The molecule has 1 aliphatic heterocycles. The lowest BCUT2D eigenvalue weighted by atomic mass is 10.00. The van der Waals surface area contributed by atoms with Gasteiger partial charge >= 0.3 is 0 Å². The number of aromatic nitrogens is 2. The van der Waals surface area contributed by atoms with Crippen molar-refractivity contribution in [1.29, 1.82) is 0 Å². The lowest BCUT2D eigenvalue weighted by Crippen LogP contribution is -2.19. The number of aryl methyl sites for hydroxylation is 1. The van der Waals surface area contributed by atoms with E-state index in [2.05, 4.69) is 16.5 Å². The Morgan fingerprint density at radius 3 is 3.06 bits per heavy atom. The lowest BCUT2D eigenvalue weighted by Gasteiger charge is -2.22. The van der Waals surface area contributed by atoms with Crippen LogP contribution in [0.2, 0.25) is 0 Å². The van der Waals surface area contributed by atoms with Crippen LogP contribution in [0, 0.1) is 11.7 Å². The van der Waals surface area contributed by atoms with E-state index in [1.165, 1.54) is 18.2 Å². The van der Waals surface area contributed by atoms with E-state index in [1.54, 1.807) is 6.07 Å². The van der Waals surface area contributed by atoms with Gasteiger partial charge in [-0.2, -0.15) is 0 Å². The summed E-state index contributed by atoms with van der Waals surface area (Å²) in [7, 11) is 0. The molecule has 2 nitrogen and oxygen atoms in total. The van der Waals surface area contributed by atoms with Crippen LogP contribution in [0.3, 0.4) is 0 Å². The Kier molecular flexibility index (Phi) is 2.90. The molecule has 0 aliphatic carbocycles. The van der Waals surface area contributed by atoms with Crippen molar-refractivity contribution in [3.05, 3.63) is 53.4 Å². The van der Waals surface area contributed by atoms with Crippen LogP contribution in [0.5, 0.6) is 0 Å². The van der Waals surface area contributed by atoms with Gasteiger partial charge in [-0.1, -0.05) is 25.1 Å². The van der Waals surface area contributed by atoms with E-state index < -0.39 is 0 Å². The molecule has 1 unspecified atom stereocenters. The van der Waals surface area contributed by atoms with Crippen molar-refractivity contribution < 1.29 is 4.39 Å². The Labute approximate surface area is 106 Å². The van der Waals surface area contributed by atoms with Gasteiger partial charge in [-0.15, -0.1) is 0 Å². The van der Waals surface area contributed by atoms with Crippen molar-refractivity contribution >= 4 is 0 Å². The first-order valence-corrected chi connectivity index (χ1v) is 6.50. The molecule has 0 bridgehead atoms. The predicted molar refractivity (Wildman–Crippen MR) is 68.9 cm³/mol. The average Bonchev–Trinajstić information content (AvgIpc) is 2.75. The number of nitrogens with zero attached hydrogens (tertiary/aromatic N) is 2. The van der Waals surface area contributed by atoms with Crippen LogP contribution in [0.25, 0.3) is 0 Å². The number of fused-ring (bicyclic) bond motifs is 1. The first kappa shape index (κ1) is 11.5. The minimum atomic E-state index is -0.140. The Balaban J connectivity index is 1.90. The molecule has 0 radical (unpaired) electrons. The maximum absolute atomic E-state index is 13.7. The third-order valence-electron chi connectivity index (χ3n) is 3.71. The highest BCUT2D eigenvalue weighted by atomic mass is 19.1. The number of hydrogen-bond donors (Lipinski definition) is 0. The molecule has 1 atom stereocenters. The molecule has 1 aromatic carbocycles.